The van der Waals surface area contributed by atoms with Crippen LogP contribution in [0.3, 0.4) is 0 Å². The van der Waals surface area contributed by atoms with Crippen LogP contribution in [-0.2, 0) is 11.2 Å². The van der Waals surface area contributed by atoms with E-state index in [1.165, 1.54) is 37.2 Å². The summed E-state index contributed by atoms with van der Waals surface area (Å²) in [6.07, 6.45) is 6.27. The second kappa shape index (κ2) is 12.1. The van der Waals surface area contributed by atoms with Crippen molar-refractivity contribution in [1.82, 2.24) is 11.3 Å². The van der Waals surface area contributed by atoms with Crippen LogP contribution in [0.15, 0.2) is 0 Å². The van der Waals surface area contributed by atoms with Gasteiger partial charge in [-0.2, -0.15) is 5.12 Å². The van der Waals surface area contributed by atoms with Crippen molar-refractivity contribution in [2.24, 2.45) is 11.7 Å². The standard InChI is InChI=1S/C6H15N3.2HI.H3N.Pt/c7-9(8)6-4-2-1-3-5-6;;;;/h6H,1-5,7-8H2;2*1H;1H3;/q;;;;+2/p-2. The van der Waals surface area contributed by atoms with Gasteiger partial charge in [-0.05, 0) is 12.8 Å². The third-order valence-corrected chi connectivity index (χ3v) is 2.00. The van der Waals surface area contributed by atoms with Crippen molar-refractivity contribution in [3.63, 3.8) is 0 Å². The second-order valence-electron chi connectivity index (χ2n) is 2.78. The molecule has 1 fully saturated rings. The zero-order valence-corrected chi connectivity index (χ0v) is 14.1. The molecule has 0 radical (unpaired) electrons. The van der Waals surface area contributed by atoms with Crippen LogP contribution < -0.4 is 17.8 Å². The van der Waals surface area contributed by atoms with Crippen LogP contribution in [-0.4, -0.2) is 11.2 Å². The molecule has 0 bridgehead atoms. The Morgan fingerprint density at radius 3 is 1.69 bits per heavy atom. The molecule has 0 heterocycles. The third-order valence-electron chi connectivity index (χ3n) is 2.00. The van der Waals surface area contributed by atoms with Crippen molar-refractivity contribution in [1.29, 1.82) is 0 Å². The van der Waals surface area contributed by atoms with Gasteiger partial charge in [0.2, 0.25) is 0 Å². The molecule has 0 unspecified atom stereocenters. The van der Waals surface area contributed by atoms with Crippen LogP contribution in [0.25, 0.3) is 0 Å². The number of hydrazine groups is 2. The van der Waals surface area contributed by atoms with Crippen molar-refractivity contribution in [3.05, 3.63) is 0 Å². The summed E-state index contributed by atoms with van der Waals surface area (Å²) in [6, 6.07) is 0.443. The van der Waals surface area contributed by atoms with Gasteiger partial charge >= 0.3 is 49.9 Å². The molecule has 0 saturated heterocycles. The van der Waals surface area contributed by atoms with Gasteiger partial charge in [-0.3, -0.25) is 11.7 Å². The molecule has 13 heavy (non-hydrogen) atoms. The quantitative estimate of drug-likeness (QED) is 0.247. The van der Waals surface area contributed by atoms with Gasteiger partial charge in [0, 0.05) is 6.04 Å². The molecule has 4 nitrogen and oxygen atoms in total. The van der Waals surface area contributed by atoms with Crippen LogP contribution in [0.1, 0.15) is 32.1 Å². The molecule has 0 aliphatic heterocycles. The first-order chi connectivity index (χ1) is 5.72. The molecular formula is C6H18I2N4Pt. The number of halogens is 2. The average molecular weight is 595 g/mol. The molecule has 1 rings (SSSR count). The molecule has 0 atom stereocenters. The monoisotopic (exact) mass is 595 g/mol. The number of rotatable bonds is 1. The van der Waals surface area contributed by atoms with Crippen molar-refractivity contribution in [2.45, 2.75) is 38.1 Å². The number of hydrogen-bond acceptors (Lipinski definition) is 4. The van der Waals surface area contributed by atoms with Crippen molar-refractivity contribution in [3.8, 4) is 0 Å². The first-order valence-electron chi connectivity index (χ1n) is 3.83. The Morgan fingerprint density at radius 2 is 1.46 bits per heavy atom. The average Bonchev–Trinajstić information content (AvgIpc) is 2.07. The fraction of sp³-hybridized carbons (Fsp3) is 1.00. The summed E-state index contributed by atoms with van der Waals surface area (Å²) < 4.78 is 0. The second-order valence-corrected chi connectivity index (χ2v) is 19.4. The summed E-state index contributed by atoms with van der Waals surface area (Å²) in [5, 5.41) is 1.36. The third kappa shape index (κ3) is 10.3. The van der Waals surface area contributed by atoms with Crippen molar-refractivity contribution < 1.29 is 11.2 Å². The zero-order chi connectivity index (χ0) is 9.40. The van der Waals surface area contributed by atoms with Crippen LogP contribution in [0, 0.1) is 0 Å². The first-order valence-corrected chi connectivity index (χ1v) is 16.7. The van der Waals surface area contributed by atoms with Crippen molar-refractivity contribution in [2.75, 3.05) is 0 Å². The Hall–Kier alpha value is 1.99. The molecule has 0 aromatic carbocycles. The number of nitrogens with two attached hydrogens (primary N) is 2. The van der Waals surface area contributed by atoms with E-state index in [-0.39, 0.29) is 6.15 Å². The maximum absolute atomic E-state index is 5.38. The van der Waals surface area contributed by atoms with E-state index < -0.39 is 0 Å². The molecule has 1 saturated carbocycles. The van der Waals surface area contributed by atoms with Gasteiger partial charge in [0.25, 0.3) is 0 Å². The summed E-state index contributed by atoms with van der Waals surface area (Å²) >= 11 is 5.30. The molecule has 0 aromatic heterocycles. The fourth-order valence-electron chi connectivity index (χ4n) is 1.38. The predicted molar refractivity (Wildman–Crippen MR) is 70.1 cm³/mol. The Morgan fingerprint density at radius 1 is 1.08 bits per heavy atom. The fourth-order valence-corrected chi connectivity index (χ4v) is 1.38. The first kappa shape index (κ1) is 17.4. The van der Waals surface area contributed by atoms with Gasteiger partial charge < -0.3 is 6.15 Å². The minimum absolute atomic E-state index is 0. The van der Waals surface area contributed by atoms with E-state index >= 15 is 0 Å². The molecule has 7 heteroatoms. The van der Waals surface area contributed by atoms with E-state index in [9.17, 15) is 0 Å². The van der Waals surface area contributed by atoms with E-state index in [0.717, 1.165) is 0 Å². The summed E-state index contributed by atoms with van der Waals surface area (Å²) in [4.78, 5) is 0. The molecule has 1 aliphatic rings. The summed E-state index contributed by atoms with van der Waals surface area (Å²) in [5.41, 5.74) is 0. The van der Waals surface area contributed by atoms with Gasteiger partial charge in [0.15, 0.2) is 0 Å². The van der Waals surface area contributed by atoms with Gasteiger partial charge in [-0.15, -0.1) is 0 Å². The van der Waals surface area contributed by atoms with E-state index in [1.54, 1.807) is 0 Å². The summed E-state index contributed by atoms with van der Waals surface area (Å²) in [5.74, 6) is 10.8. The Labute approximate surface area is 110 Å². The van der Waals surface area contributed by atoms with Gasteiger partial charge in [0.1, 0.15) is 0 Å². The Kier molecular flexibility index (Phi) is 16.1. The van der Waals surface area contributed by atoms with E-state index in [1.807, 2.05) is 0 Å². The summed E-state index contributed by atoms with van der Waals surface area (Å²) in [7, 11) is 0. The molecule has 0 amide bonds. The van der Waals surface area contributed by atoms with Crippen LogP contribution in [0.5, 0.6) is 0 Å². The molecule has 7 N–H and O–H groups in total. The van der Waals surface area contributed by atoms with Crippen LogP contribution in [0.4, 0.5) is 0 Å². The maximum atomic E-state index is 5.38. The van der Waals surface area contributed by atoms with E-state index in [2.05, 4.69) is 38.7 Å². The normalized spacial score (nSPS) is 17.6. The Balaban J connectivity index is 0. The molecular weight excluding hydrogens is 577 g/mol. The number of nitrogens with zero attached hydrogens (tertiary/aromatic N) is 1. The molecule has 0 spiro atoms. The van der Waals surface area contributed by atoms with Crippen LogP contribution in [0.2, 0.25) is 0 Å². The van der Waals surface area contributed by atoms with Crippen molar-refractivity contribution >= 4 is 38.7 Å². The minimum atomic E-state index is 0. The summed E-state index contributed by atoms with van der Waals surface area (Å²) in [6.45, 7) is 0. The molecule has 86 valence electrons. The van der Waals surface area contributed by atoms with Gasteiger partial charge in [-0.1, -0.05) is 19.3 Å². The SMILES string of the molecule is N.NN(N)C1CCCCC1.[I][Pt][I]. The zero-order valence-electron chi connectivity index (χ0n) is 7.49. The molecule has 1 aliphatic carbocycles. The van der Waals surface area contributed by atoms with E-state index in [0.29, 0.717) is 17.2 Å². The van der Waals surface area contributed by atoms with Gasteiger partial charge in [-0.25, -0.2) is 0 Å². The van der Waals surface area contributed by atoms with Crippen LogP contribution >= 0.6 is 38.7 Å². The molecule has 0 aromatic rings. The van der Waals surface area contributed by atoms with E-state index in [4.69, 9.17) is 11.7 Å². The topological polar surface area (TPSA) is 90.3 Å². The predicted octanol–water partition coefficient (Wildman–Crippen LogP) is 2.30. The Bertz CT molecular complexity index is 101. The number of hydrogen-bond donors (Lipinski definition) is 3. The van der Waals surface area contributed by atoms with Gasteiger partial charge in [0.05, 0.1) is 0 Å².